The first-order valence-corrected chi connectivity index (χ1v) is 7.34. The average molecular weight is 244 g/mol. The van der Waals surface area contributed by atoms with Gasteiger partial charge in [0.25, 0.3) is 0 Å². The summed E-state index contributed by atoms with van der Waals surface area (Å²) in [7, 11) is 0. The highest BCUT2D eigenvalue weighted by Crippen LogP contribution is 2.42. The Kier molecular flexibility index (Phi) is 3.40. The Hall–Kier alpha value is -0.860. The van der Waals surface area contributed by atoms with Gasteiger partial charge in [0.1, 0.15) is 0 Å². The molecule has 1 aliphatic heterocycles. The highest BCUT2D eigenvalue weighted by Gasteiger charge is 2.26. The van der Waals surface area contributed by atoms with E-state index in [1.54, 1.807) is 0 Å². The van der Waals surface area contributed by atoms with E-state index in [1.165, 1.54) is 42.4 Å². The molecule has 1 saturated carbocycles. The molecule has 0 spiro atoms. The van der Waals surface area contributed by atoms with Crippen LogP contribution in [0.15, 0.2) is 18.2 Å². The Balaban J connectivity index is 1.80. The fourth-order valence-electron chi connectivity index (χ4n) is 3.13. The van der Waals surface area contributed by atoms with Crippen LogP contribution in [0.3, 0.4) is 0 Å². The molecular formula is C16H24N2. The van der Waals surface area contributed by atoms with Crippen LogP contribution in [0, 0.1) is 0 Å². The van der Waals surface area contributed by atoms with Crippen molar-refractivity contribution in [3.05, 3.63) is 34.9 Å². The minimum absolute atomic E-state index is 0.680. The zero-order valence-corrected chi connectivity index (χ0v) is 11.3. The second kappa shape index (κ2) is 5.02. The summed E-state index contributed by atoms with van der Waals surface area (Å²) >= 11 is 0. The van der Waals surface area contributed by atoms with Crippen LogP contribution in [-0.2, 0) is 6.54 Å². The third-order valence-electron chi connectivity index (χ3n) is 4.54. The number of nitrogens with one attached hydrogen (secondary N) is 1. The van der Waals surface area contributed by atoms with Crippen molar-refractivity contribution in [1.82, 2.24) is 5.32 Å². The van der Waals surface area contributed by atoms with E-state index in [0.717, 1.165) is 12.5 Å². The molecule has 0 amide bonds. The van der Waals surface area contributed by atoms with E-state index >= 15 is 0 Å². The molecule has 2 fully saturated rings. The van der Waals surface area contributed by atoms with Gasteiger partial charge >= 0.3 is 0 Å². The molecule has 2 atom stereocenters. The summed E-state index contributed by atoms with van der Waals surface area (Å²) in [5.41, 5.74) is 10.3. The fraction of sp³-hybridized carbons (Fsp3) is 0.625. The largest absolute Gasteiger partial charge is 0.326 e. The lowest BCUT2D eigenvalue weighted by Gasteiger charge is -2.28. The number of rotatable bonds is 3. The maximum atomic E-state index is 5.92. The molecule has 18 heavy (non-hydrogen) atoms. The molecule has 2 heteroatoms. The summed E-state index contributed by atoms with van der Waals surface area (Å²) in [6.07, 6.45) is 5.30. The van der Waals surface area contributed by atoms with E-state index in [0.29, 0.717) is 18.5 Å². The quantitative estimate of drug-likeness (QED) is 0.858. The summed E-state index contributed by atoms with van der Waals surface area (Å²) < 4.78 is 0. The molecule has 1 aromatic carbocycles. The number of hydrogen-bond acceptors (Lipinski definition) is 2. The van der Waals surface area contributed by atoms with E-state index in [1.807, 2.05) is 0 Å². The Morgan fingerprint density at radius 2 is 1.94 bits per heavy atom. The van der Waals surface area contributed by atoms with Crippen LogP contribution in [0.2, 0.25) is 0 Å². The molecule has 0 radical (unpaired) electrons. The smallest absolute Gasteiger partial charge is 0.0181 e. The molecular weight excluding hydrogens is 220 g/mol. The molecule has 1 aliphatic carbocycles. The van der Waals surface area contributed by atoms with Gasteiger partial charge in [0.05, 0.1) is 0 Å². The average Bonchev–Trinajstić information content (AvgIpc) is 3.23. The summed E-state index contributed by atoms with van der Waals surface area (Å²) in [5, 5.41) is 3.59. The first-order valence-electron chi connectivity index (χ1n) is 7.34. The Morgan fingerprint density at radius 1 is 1.17 bits per heavy atom. The van der Waals surface area contributed by atoms with Gasteiger partial charge in [-0.15, -0.1) is 0 Å². The second-order valence-corrected chi connectivity index (χ2v) is 6.02. The van der Waals surface area contributed by atoms with E-state index in [2.05, 4.69) is 30.4 Å². The van der Waals surface area contributed by atoms with E-state index < -0.39 is 0 Å². The molecule has 0 bridgehead atoms. The standard InChI is InChI=1S/C16H24N2/c1-11-2-3-14(10-18-11)13-6-7-16(12-4-5-12)15(8-13)9-17/h6-8,11-12,14,18H,2-5,9-10,17H2,1H3. The van der Waals surface area contributed by atoms with Gasteiger partial charge in [0.15, 0.2) is 0 Å². The summed E-state index contributed by atoms with van der Waals surface area (Å²) in [4.78, 5) is 0. The van der Waals surface area contributed by atoms with Crippen LogP contribution < -0.4 is 11.1 Å². The molecule has 1 aromatic rings. The predicted molar refractivity (Wildman–Crippen MR) is 75.7 cm³/mol. The molecule has 3 rings (SSSR count). The lowest BCUT2D eigenvalue weighted by Crippen LogP contribution is -2.35. The summed E-state index contributed by atoms with van der Waals surface area (Å²) in [6, 6.07) is 7.74. The van der Waals surface area contributed by atoms with Gasteiger partial charge in [-0.05, 0) is 61.1 Å². The van der Waals surface area contributed by atoms with Crippen molar-refractivity contribution in [2.75, 3.05) is 6.54 Å². The Labute approximate surface area is 110 Å². The van der Waals surface area contributed by atoms with Crippen molar-refractivity contribution in [1.29, 1.82) is 0 Å². The zero-order chi connectivity index (χ0) is 12.5. The number of hydrogen-bond donors (Lipinski definition) is 2. The monoisotopic (exact) mass is 244 g/mol. The first kappa shape index (κ1) is 12.2. The van der Waals surface area contributed by atoms with Gasteiger partial charge in [-0.3, -0.25) is 0 Å². The minimum Gasteiger partial charge on any atom is -0.326 e. The van der Waals surface area contributed by atoms with Gasteiger partial charge in [0.2, 0.25) is 0 Å². The van der Waals surface area contributed by atoms with Gasteiger partial charge in [0, 0.05) is 19.1 Å². The van der Waals surface area contributed by atoms with Crippen molar-refractivity contribution >= 4 is 0 Å². The van der Waals surface area contributed by atoms with Crippen LogP contribution in [0.25, 0.3) is 0 Å². The molecule has 2 aliphatic rings. The highest BCUT2D eigenvalue weighted by atomic mass is 14.9. The van der Waals surface area contributed by atoms with Gasteiger partial charge in [-0.1, -0.05) is 18.2 Å². The van der Waals surface area contributed by atoms with Crippen molar-refractivity contribution in [3.63, 3.8) is 0 Å². The van der Waals surface area contributed by atoms with E-state index in [9.17, 15) is 0 Å². The third kappa shape index (κ3) is 2.45. The molecule has 1 saturated heterocycles. The number of piperidine rings is 1. The van der Waals surface area contributed by atoms with Crippen molar-refractivity contribution in [3.8, 4) is 0 Å². The Bertz CT molecular complexity index is 415. The van der Waals surface area contributed by atoms with Crippen molar-refractivity contribution in [2.24, 2.45) is 5.73 Å². The van der Waals surface area contributed by atoms with Gasteiger partial charge in [-0.2, -0.15) is 0 Å². The van der Waals surface area contributed by atoms with E-state index in [-0.39, 0.29) is 0 Å². The molecule has 0 aromatic heterocycles. The van der Waals surface area contributed by atoms with Crippen LogP contribution in [0.4, 0.5) is 0 Å². The van der Waals surface area contributed by atoms with Gasteiger partial charge in [-0.25, -0.2) is 0 Å². The highest BCUT2D eigenvalue weighted by molar-refractivity contribution is 5.38. The summed E-state index contributed by atoms with van der Waals surface area (Å²) in [6.45, 7) is 4.09. The molecule has 1 heterocycles. The maximum absolute atomic E-state index is 5.92. The Morgan fingerprint density at radius 3 is 2.56 bits per heavy atom. The number of benzene rings is 1. The molecule has 2 nitrogen and oxygen atoms in total. The second-order valence-electron chi connectivity index (χ2n) is 6.02. The minimum atomic E-state index is 0.680. The third-order valence-corrected chi connectivity index (χ3v) is 4.54. The number of nitrogens with two attached hydrogens (primary N) is 1. The fourth-order valence-corrected chi connectivity index (χ4v) is 3.13. The SMILES string of the molecule is CC1CCC(c2ccc(C3CC3)c(CN)c2)CN1. The molecule has 2 unspecified atom stereocenters. The van der Waals surface area contributed by atoms with Gasteiger partial charge < -0.3 is 11.1 Å². The topological polar surface area (TPSA) is 38.0 Å². The van der Waals surface area contributed by atoms with E-state index in [4.69, 9.17) is 5.73 Å². The molecule has 98 valence electrons. The normalized spacial score (nSPS) is 28.3. The van der Waals surface area contributed by atoms with Crippen LogP contribution in [-0.4, -0.2) is 12.6 Å². The summed E-state index contributed by atoms with van der Waals surface area (Å²) in [5.74, 6) is 1.49. The zero-order valence-electron chi connectivity index (χ0n) is 11.3. The maximum Gasteiger partial charge on any atom is 0.0181 e. The van der Waals surface area contributed by atoms with Crippen molar-refractivity contribution in [2.45, 2.75) is 57.0 Å². The lowest BCUT2D eigenvalue weighted by molar-refractivity contribution is 0.385. The van der Waals surface area contributed by atoms with Crippen LogP contribution >= 0.6 is 0 Å². The van der Waals surface area contributed by atoms with Crippen LogP contribution in [0.1, 0.15) is 61.1 Å². The lowest BCUT2D eigenvalue weighted by atomic mass is 9.87. The molecule has 3 N–H and O–H groups in total. The predicted octanol–water partition coefficient (Wildman–Crippen LogP) is 2.88. The van der Waals surface area contributed by atoms with Crippen molar-refractivity contribution < 1.29 is 0 Å². The van der Waals surface area contributed by atoms with Crippen LogP contribution in [0.5, 0.6) is 0 Å². The first-order chi connectivity index (χ1) is 8.78.